The number of nitrogens with zero attached hydrogens (tertiary/aromatic N) is 2. The maximum absolute atomic E-state index is 11.8. The van der Waals surface area contributed by atoms with E-state index in [1.165, 1.54) is 22.9 Å². The lowest BCUT2D eigenvalue weighted by molar-refractivity contribution is -0.130. The lowest BCUT2D eigenvalue weighted by Crippen LogP contribution is -2.35. The summed E-state index contributed by atoms with van der Waals surface area (Å²) in [6.07, 6.45) is 3.82. The van der Waals surface area contributed by atoms with Crippen molar-refractivity contribution in [3.8, 4) is 0 Å². The van der Waals surface area contributed by atoms with Crippen LogP contribution in [-0.2, 0) is 16.1 Å². The Morgan fingerprint density at radius 3 is 2.67 bits per heavy atom. The quantitative estimate of drug-likeness (QED) is 0.768. The van der Waals surface area contributed by atoms with E-state index < -0.39 is 0 Å². The highest BCUT2D eigenvalue weighted by atomic mass is 16.2. The van der Waals surface area contributed by atoms with Crippen LogP contribution in [0.15, 0.2) is 23.1 Å². The molecule has 0 bridgehead atoms. The van der Waals surface area contributed by atoms with E-state index in [9.17, 15) is 14.4 Å². The highest BCUT2D eigenvalue weighted by Crippen LogP contribution is 2.08. The Morgan fingerprint density at radius 2 is 1.95 bits per heavy atom. The van der Waals surface area contributed by atoms with Crippen LogP contribution in [0, 0.1) is 0 Å². The third kappa shape index (κ3) is 4.34. The van der Waals surface area contributed by atoms with E-state index in [0.717, 1.165) is 25.9 Å². The Labute approximate surface area is 122 Å². The summed E-state index contributed by atoms with van der Waals surface area (Å²) in [7, 11) is 0. The van der Waals surface area contributed by atoms with E-state index >= 15 is 0 Å². The SMILES string of the molecule is Nc1ccc(=O)n(CC(=O)NCCC(=O)N2CCCC2)c1. The number of likely N-dealkylation sites (tertiary alicyclic amines) is 1. The topological polar surface area (TPSA) is 97.4 Å². The molecule has 7 heteroatoms. The van der Waals surface area contributed by atoms with Crippen molar-refractivity contribution in [1.29, 1.82) is 0 Å². The first-order valence-electron chi connectivity index (χ1n) is 7.07. The van der Waals surface area contributed by atoms with Crippen LogP contribution in [0.5, 0.6) is 0 Å². The number of carbonyl (C=O) groups excluding carboxylic acids is 2. The number of amides is 2. The first-order chi connectivity index (χ1) is 10.1. The molecule has 1 aliphatic rings. The molecule has 1 saturated heterocycles. The van der Waals surface area contributed by atoms with Crippen LogP contribution in [0.4, 0.5) is 5.69 Å². The number of aromatic nitrogens is 1. The summed E-state index contributed by atoms with van der Waals surface area (Å²) in [6, 6.07) is 2.81. The van der Waals surface area contributed by atoms with Crippen molar-refractivity contribution in [2.45, 2.75) is 25.8 Å². The van der Waals surface area contributed by atoms with Gasteiger partial charge in [-0.2, -0.15) is 0 Å². The van der Waals surface area contributed by atoms with Crippen molar-refractivity contribution < 1.29 is 9.59 Å². The first kappa shape index (κ1) is 15.1. The predicted octanol–water partition coefficient (Wildman–Crippen LogP) is -0.441. The zero-order valence-electron chi connectivity index (χ0n) is 11.9. The molecule has 0 unspecified atom stereocenters. The highest BCUT2D eigenvalue weighted by Gasteiger charge is 2.17. The Bertz CT molecular complexity index is 576. The molecule has 2 amide bonds. The third-order valence-corrected chi connectivity index (χ3v) is 3.44. The smallest absolute Gasteiger partial charge is 0.251 e. The number of pyridine rings is 1. The zero-order valence-corrected chi connectivity index (χ0v) is 11.9. The molecule has 1 aromatic rings. The van der Waals surface area contributed by atoms with Gasteiger partial charge >= 0.3 is 0 Å². The van der Waals surface area contributed by atoms with Crippen LogP contribution in [0.25, 0.3) is 0 Å². The van der Waals surface area contributed by atoms with E-state index in [1.54, 1.807) is 0 Å². The normalized spacial score (nSPS) is 14.2. The highest BCUT2D eigenvalue weighted by molar-refractivity contribution is 5.79. The lowest BCUT2D eigenvalue weighted by atomic mass is 10.3. The second-order valence-electron chi connectivity index (χ2n) is 5.12. The molecule has 0 radical (unpaired) electrons. The molecule has 1 aliphatic heterocycles. The van der Waals surface area contributed by atoms with Crippen LogP contribution in [0.3, 0.4) is 0 Å². The molecule has 21 heavy (non-hydrogen) atoms. The number of rotatable bonds is 5. The van der Waals surface area contributed by atoms with E-state index in [0.29, 0.717) is 5.69 Å². The molecule has 2 rings (SSSR count). The van der Waals surface area contributed by atoms with Crippen LogP contribution in [0.2, 0.25) is 0 Å². The molecule has 0 aliphatic carbocycles. The number of nitrogen functional groups attached to an aromatic ring is 1. The molecule has 1 aromatic heterocycles. The van der Waals surface area contributed by atoms with Crippen LogP contribution in [0.1, 0.15) is 19.3 Å². The molecule has 3 N–H and O–H groups in total. The van der Waals surface area contributed by atoms with Gasteiger partial charge in [-0.05, 0) is 18.9 Å². The number of nitrogens with one attached hydrogen (secondary N) is 1. The fourth-order valence-electron chi connectivity index (χ4n) is 2.32. The Balaban J connectivity index is 1.75. The second kappa shape index (κ2) is 6.92. The van der Waals surface area contributed by atoms with Crippen molar-refractivity contribution in [3.63, 3.8) is 0 Å². The van der Waals surface area contributed by atoms with Crippen molar-refractivity contribution in [2.24, 2.45) is 0 Å². The molecule has 7 nitrogen and oxygen atoms in total. The van der Waals surface area contributed by atoms with Crippen molar-refractivity contribution in [3.05, 3.63) is 28.7 Å². The maximum atomic E-state index is 11.8. The van der Waals surface area contributed by atoms with Crippen LogP contribution >= 0.6 is 0 Å². The third-order valence-electron chi connectivity index (χ3n) is 3.44. The number of anilines is 1. The Kier molecular flexibility index (Phi) is 4.97. The standard InChI is InChI=1S/C14H20N4O3/c15-11-3-4-13(20)18(9-11)10-12(19)16-6-5-14(21)17-7-1-2-8-17/h3-4,9H,1-2,5-8,10,15H2,(H,16,19). The van der Waals surface area contributed by atoms with Crippen molar-refractivity contribution >= 4 is 17.5 Å². The van der Waals surface area contributed by atoms with Gasteiger partial charge in [0.05, 0.1) is 0 Å². The van der Waals surface area contributed by atoms with Gasteiger partial charge in [-0.25, -0.2) is 0 Å². The van der Waals surface area contributed by atoms with Gasteiger partial charge in [0.1, 0.15) is 6.54 Å². The predicted molar refractivity (Wildman–Crippen MR) is 78.6 cm³/mol. The van der Waals surface area contributed by atoms with Gasteiger partial charge in [0.2, 0.25) is 11.8 Å². The minimum Gasteiger partial charge on any atom is -0.398 e. The summed E-state index contributed by atoms with van der Waals surface area (Å²) >= 11 is 0. The summed E-state index contributed by atoms with van der Waals surface area (Å²) in [5.41, 5.74) is 5.71. The molecule has 114 valence electrons. The molecular weight excluding hydrogens is 272 g/mol. The first-order valence-corrected chi connectivity index (χ1v) is 7.07. The zero-order chi connectivity index (χ0) is 15.2. The largest absolute Gasteiger partial charge is 0.398 e. The molecule has 0 aromatic carbocycles. The monoisotopic (exact) mass is 292 g/mol. The molecule has 0 saturated carbocycles. The molecule has 0 atom stereocenters. The summed E-state index contributed by atoms with van der Waals surface area (Å²) in [5, 5.41) is 2.65. The second-order valence-corrected chi connectivity index (χ2v) is 5.12. The van der Waals surface area contributed by atoms with Crippen LogP contribution < -0.4 is 16.6 Å². The van der Waals surface area contributed by atoms with Gasteiger partial charge in [-0.1, -0.05) is 0 Å². The van der Waals surface area contributed by atoms with Gasteiger partial charge < -0.3 is 20.5 Å². The van der Waals surface area contributed by atoms with Crippen molar-refractivity contribution in [1.82, 2.24) is 14.8 Å². The van der Waals surface area contributed by atoms with Gasteiger partial charge in [0.25, 0.3) is 5.56 Å². The molecular formula is C14H20N4O3. The lowest BCUT2D eigenvalue weighted by Gasteiger charge is -2.15. The minimum absolute atomic E-state index is 0.0638. The Morgan fingerprint density at radius 1 is 1.24 bits per heavy atom. The number of nitrogens with two attached hydrogens (primary N) is 1. The van der Waals surface area contributed by atoms with E-state index in [2.05, 4.69) is 5.32 Å². The fourth-order valence-corrected chi connectivity index (χ4v) is 2.32. The molecule has 2 heterocycles. The Hall–Kier alpha value is -2.31. The minimum atomic E-state index is -0.308. The summed E-state index contributed by atoms with van der Waals surface area (Å²) in [5.74, 6) is -0.245. The summed E-state index contributed by atoms with van der Waals surface area (Å²) < 4.78 is 1.24. The van der Waals surface area contributed by atoms with E-state index in [1.807, 2.05) is 4.90 Å². The van der Waals surface area contributed by atoms with Gasteiger partial charge in [0.15, 0.2) is 0 Å². The van der Waals surface area contributed by atoms with Crippen LogP contribution in [-0.4, -0.2) is 40.9 Å². The summed E-state index contributed by atoms with van der Waals surface area (Å²) in [4.78, 5) is 36.9. The maximum Gasteiger partial charge on any atom is 0.251 e. The van der Waals surface area contributed by atoms with Gasteiger partial charge in [-0.15, -0.1) is 0 Å². The number of hydrogen-bond donors (Lipinski definition) is 2. The average Bonchev–Trinajstić information content (AvgIpc) is 2.97. The fraction of sp³-hybridized carbons (Fsp3) is 0.500. The molecule has 1 fully saturated rings. The average molecular weight is 292 g/mol. The van der Waals surface area contributed by atoms with E-state index in [-0.39, 0.29) is 36.9 Å². The molecule has 0 spiro atoms. The summed E-state index contributed by atoms with van der Waals surface area (Å²) in [6.45, 7) is 1.81. The van der Waals surface area contributed by atoms with Gasteiger partial charge in [-0.3, -0.25) is 14.4 Å². The number of hydrogen-bond acceptors (Lipinski definition) is 4. The van der Waals surface area contributed by atoms with Crippen molar-refractivity contribution in [2.75, 3.05) is 25.4 Å². The number of carbonyl (C=O) groups is 2. The van der Waals surface area contributed by atoms with E-state index in [4.69, 9.17) is 5.73 Å². The van der Waals surface area contributed by atoms with Gasteiger partial charge in [0, 0.05) is 44.0 Å².